The molecule has 1 atom stereocenters. The molecule has 0 bridgehead atoms. The van der Waals surface area contributed by atoms with Gasteiger partial charge < -0.3 is 18.8 Å². The highest BCUT2D eigenvalue weighted by molar-refractivity contribution is 7.85. The average molecular weight is 778 g/mol. The van der Waals surface area contributed by atoms with E-state index >= 15 is 0 Å². The molecular formula is C36H34F3N9O6S. The first-order valence-corrected chi connectivity index (χ1v) is 17.7. The SMILES string of the molecule is Cc1c(-c2ccnn2-c2ccc(C#N)cc2)n(C(=O)N[C@@H](C)c2nnc(C[N+](C)(C)C)o2)c(=O)n1-c1cccc(C(F)(F)F)c1.O=S(=O)([O-])c1ccccc1. The number of nitriles is 1. The fourth-order valence-corrected chi connectivity index (χ4v) is 5.89. The molecular weight excluding hydrogens is 744 g/mol. The molecule has 6 rings (SSSR count). The van der Waals surface area contributed by atoms with Crippen molar-refractivity contribution in [3.05, 3.63) is 130 Å². The summed E-state index contributed by atoms with van der Waals surface area (Å²) in [7, 11) is 1.59. The van der Waals surface area contributed by atoms with Gasteiger partial charge in [0.1, 0.15) is 21.9 Å². The van der Waals surface area contributed by atoms with Gasteiger partial charge in [0.25, 0.3) is 5.89 Å². The summed E-state index contributed by atoms with van der Waals surface area (Å²) in [5, 5.41) is 24.3. The zero-order chi connectivity index (χ0) is 40.3. The monoisotopic (exact) mass is 777 g/mol. The van der Waals surface area contributed by atoms with Crippen LogP contribution in [0.1, 0.15) is 41.6 Å². The number of amides is 1. The number of hydrogen-bond donors (Lipinski definition) is 1. The van der Waals surface area contributed by atoms with Gasteiger partial charge in [-0.2, -0.15) is 23.5 Å². The molecule has 286 valence electrons. The quantitative estimate of drug-likeness (QED) is 0.159. The highest BCUT2D eigenvalue weighted by Crippen LogP contribution is 2.32. The molecule has 3 heterocycles. The molecule has 1 amide bonds. The zero-order valence-corrected chi connectivity index (χ0v) is 30.8. The standard InChI is InChI=1S/C30H28F3N9O3.C6H6O3S/c1-18(27-38-37-25(45-27)17-42(3,4)5)36-28(43)40-26(24-13-14-35-41(24)22-11-9-20(16-34)10-12-22)19(2)39(29(40)44)23-8-6-7-21(15-23)30(31,32)33;7-10(8,9)6-4-2-1-3-5-6/h6-15,18H,17H2,1-5H3;1-5H,(H,7,8,9)/t18-;/m0./s1. The van der Waals surface area contributed by atoms with Crippen molar-refractivity contribution in [1.82, 2.24) is 34.4 Å². The van der Waals surface area contributed by atoms with E-state index < -0.39 is 39.6 Å². The summed E-state index contributed by atoms with van der Waals surface area (Å²) in [6.45, 7) is 3.56. The second-order valence-corrected chi connectivity index (χ2v) is 14.5. The van der Waals surface area contributed by atoms with Gasteiger partial charge in [0, 0.05) is 0 Å². The molecule has 3 aromatic carbocycles. The number of hydrogen-bond acceptors (Lipinski definition) is 10. The van der Waals surface area contributed by atoms with E-state index in [2.05, 4.69) is 20.6 Å². The molecule has 1 N–H and O–H groups in total. The minimum atomic E-state index is -4.66. The van der Waals surface area contributed by atoms with Crippen LogP contribution in [0.15, 0.2) is 105 Å². The van der Waals surface area contributed by atoms with Crippen molar-refractivity contribution in [3.63, 3.8) is 0 Å². The molecule has 55 heavy (non-hydrogen) atoms. The van der Waals surface area contributed by atoms with Crippen LogP contribution < -0.4 is 11.0 Å². The molecule has 0 spiro atoms. The summed E-state index contributed by atoms with van der Waals surface area (Å²) in [5.41, 5.74) is -0.456. The Morgan fingerprint density at radius 3 is 2.25 bits per heavy atom. The third-order valence-electron chi connectivity index (χ3n) is 7.88. The summed E-state index contributed by atoms with van der Waals surface area (Å²) in [6, 6.07) is 19.8. The van der Waals surface area contributed by atoms with Gasteiger partial charge in [0.05, 0.1) is 72.2 Å². The zero-order valence-electron chi connectivity index (χ0n) is 30.0. The van der Waals surface area contributed by atoms with Gasteiger partial charge in [0.2, 0.25) is 5.89 Å². The van der Waals surface area contributed by atoms with Crippen molar-refractivity contribution in [2.24, 2.45) is 0 Å². The second-order valence-electron chi connectivity index (χ2n) is 13.1. The molecule has 0 fully saturated rings. The number of aromatic nitrogens is 6. The van der Waals surface area contributed by atoms with Crippen LogP contribution in [0.4, 0.5) is 18.0 Å². The number of alkyl halides is 3. The summed E-state index contributed by atoms with van der Waals surface area (Å²) in [5.74, 6) is 0.465. The molecule has 0 saturated carbocycles. The topological polar surface area (TPSA) is 194 Å². The second kappa shape index (κ2) is 15.5. The minimum absolute atomic E-state index is 0.0835. The van der Waals surface area contributed by atoms with Crippen molar-refractivity contribution in [1.29, 1.82) is 5.26 Å². The third kappa shape index (κ3) is 9.24. The van der Waals surface area contributed by atoms with Crippen molar-refractivity contribution < 1.29 is 39.8 Å². The van der Waals surface area contributed by atoms with Crippen LogP contribution in [0.25, 0.3) is 22.8 Å². The first-order chi connectivity index (χ1) is 25.8. The third-order valence-corrected chi connectivity index (χ3v) is 8.73. The van der Waals surface area contributed by atoms with E-state index in [9.17, 15) is 41.0 Å². The molecule has 15 nitrogen and oxygen atoms in total. The van der Waals surface area contributed by atoms with Crippen molar-refractivity contribution in [3.8, 4) is 28.8 Å². The maximum absolute atomic E-state index is 14.0. The van der Waals surface area contributed by atoms with Crippen LogP contribution in [0.3, 0.4) is 0 Å². The fraction of sp³-hybridized carbons (Fsp3) is 0.222. The molecule has 0 unspecified atom stereocenters. The lowest BCUT2D eigenvalue weighted by Crippen LogP contribution is -2.38. The largest absolute Gasteiger partial charge is 0.744 e. The van der Waals surface area contributed by atoms with Crippen molar-refractivity contribution in [2.45, 2.75) is 37.5 Å². The summed E-state index contributed by atoms with van der Waals surface area (Å²) >= 11 is 0. The average Bonchev–Trinajstić information content (AvgIpc) is 3.85. The maximum atomic E-state index is 14.0. The number of nitrogens with zero attached hydrogens (tertiary/aromatic N) is 8. The first-order valence-electron chi connectivity index (χ1n) is 16.3. The smallest absolute Gasteiger partial charge is 0.416 e. The Morgan fingerprint density at radius 2 is 1.67 bits per heavy atom. The Hall–Kier alpha value is -6.36. The fourth-order valence-electron chi connectivity index (χ4n) is 5.40. The number of carbonyl (C=O) groups excluding carboxylic acids is 1. The Balaban J connectivity index is 0.000000504. The van der Waals surface area contributed by atoms with Crippen LogP contribution >= 0.6 is 0 Å². The van der Waals surface area contributed by atoms with Gasteiger partial charge in [-0.1, -0.05) is 24.3 Å². The molecule has 0 saturated heterocycles. The lowest BCUT2D eigenvalue weighted by atomic mass is 10.2. The van der Waals surface area contributed by atoms with E-state index in [1.54, 1.807) is 43.3 Å². The molecule has 19 heteroatoms. The predicted molar refractivity (Wildman–Crippen MR) is 190 cm³/mol. The van der Waals surface area contributed by atoms with E-state index in [4.69, 9.17) is 4.42 Å². The van der Waals surface area contributed by atoms with Gasteiger partial charge in [-0.3, -0.25) is 4.57 Å². The normalized spacial score (nSPS) is 12.4. The molecule has 6 aromatic rings. The Kier molecular flexibility index (Phi) is 11.3. The molecule has 0 aliphatic heterocycles. The minimum Gasteiger partial charge on any atom is -0.744 e. The lowest BCUT2D eigenvalue weighted by molar-refractivity contribution is -0.885. The number of benzene rings is 3. The van der Waals surface area contributed by atoms with E-state index in [1.807, 2.05) is 27.2 Å². The van der Waals surface area contributed by atoms with E-state index in [1.165, 1.54) is 54.2 Å². The number of halogens is 3. The van der Waals surface area contributed by atoms with Crippen molar-refractivity contribution >= 4 is 16.1 Å². The Bertz CT molecular complexity index is 2530. The number of quaternary nitrogens is 1. The Labute approximate surface area is 312 Å². The number of rotatable bonds is 8. The maximum Gasteiger partial charge on any atom is 0.416 e. The summed E-state index contributed by atoms with van der Waals surface area (Å²) < 4.78 is 81.2. The lowest BCUT2D eigenvalue weighted by Gasteiger charge is -2.21. The van der Waals surface area contributed by atoms with Crippen LogP contribution in [0.2, 0.25) is 0 Å². The van der Waals surface area contributed by atoms with Crippen LogP contribution in [-0.4, -0.2) is 73.7 Å². The van der Waals surface area contributed by atoms with E-state index in [-0.39, 0.29) is 27.9 Å². The summed E-state index contributed by atoms with van der Waals surface area (Å²) in [4.78, 5) is 27.7. The van der Waals surface area contributed by atoms with Gasteiger partial charge >= 0.3 is 17.9 Å². The highest BCUT2D eigenvalue weighted by atomic mass is 32.2. The van der Waals surface area contributed by atoms with Crippen molar-refractivity contribution in [2.75, 3.05) is 21.1 Å². The van der Waals surface area contributed by atoms with E-state index in [0.29, 0.717) is 33.9 Å². The van der Waals surface area contributed by atoms with Gasteiger partial charge in [-0.15, -0.1) is 10.2 Å². The van der Waals surface area contributed by atoms with Gasteiger partial charge in [-0.05, 0) is 74.5 Å². The number of carbonyl (C=O) groups is 1. The molecule has 0 aliphatic carbocycles. The highest BCUT2D eigenvalue weighted by Gasteiger charge is 2.32. The molecule has 3 aromatic heterocycles. The number of nitrogens with one attached hydrogen (secondary N) is 1. The number of imidazole rings is 1. The molecule has 0 aliphatic rings. The van der Waals surface area contributed by atoms with Crippen LogP contribution in [0, 0.1) is 18.3 Å². The predicted octanol–water partition coefficient (Wildman–Crippen LogP) is 5.19. The Morgan fingerprint density at radius 1 is 1.00 bits per heavy atom. The molecule has 0 radical (unpaired) electrons. The summed E-state index contributed by atoms with van der Waals surface area (Å²) in [6.07, 6.45) is -3.20. The van der Waals surface area contributed by atoms with Gasteiger partial charge in [-0.25, -0.2) is 27.3 Å². The van der Waals surface area contributed by atoms with Crippen LogP contribution in [-0.2, 0) is 22.8 Å². The van der Waals surface area contributed by atoms with Gasteiger partial charge in [0.15, 0.2) is 6.54 Å². The van der Waals surface area contributed by atoms with E-state index in [0.717, 1.165) is 21.3 Å². The first kappa shape index (κ1) is 39.8. The van der Waals surface area contributed by atoms with Crippen LogP contribution in [0.5, 0.6) is 0 Å².